The number of rotatable bonds is 2. The molecule has 1 aliphatic carbocycles. The predicted molar refractivity (Wildman–Crippen MR) is 98.5 cm³/mol. The Labute approximate surface area is 150 Å². The minimum absolute atomic E-state index is 0.0234. The molecule has 0 radical (unpaired) electrons. The van der Waals surface area contributed by atoms with Crippen LogP contribution in [0.15, 0.2) is 28.3 Å². The highest BCUT2D eigenvalue weighted by atomic mass is 32.2. The van der Waals surface area contributed by atoms with E-state index in [1.165, 1.54) is 6.42 Å². The highest BCUT2D eigenvalue weighted by molar-refractivity contribution is 7.90. The maximum atomic E-state index is 12.7. The van der Waals surface area contributed by atoms with E-state index < -0.39 is 10.0 Å². The number of amidine groups is 1. The molecule has 2 heterocycles. The molecule has 25 heavy (non-hydrogen) atoms. The molecule has 0 bridgehead atoms. The van der Waals surface area contributed by atoms with Gasteiger partial charge in [0.05, 0.1) is 11.3 Å². The zero-order valence-corrected chi connectivity index (χ0v) is 16.0. The van der Waals surface area contributed by atoms with Crippen LogP contribution in [-0.2, 0) is 14.8 Å². The molecule has 1 saturated carbocycles. The van der Waals surface area contributed by atoms with Gasteiger partial charge >= 0.3 is 0 Å². The van der Waals surface area contributed by atoms with Gasteiger partial charge in [0.25, 0.3) is 15.9 Å². The van der Waals surface area contributed by atoms with Crippen LogP contribution in [0.5, 0.6) is 0 Å². The van der Waals surface area contributed by atoms with Crippen LogP contribution in [0.25, 0.3) is 0 Å². The summed E-state index contributed by atoms with van der Waals surface area (Å²) in [5, 5.41) is 3.21. The first-order valence-electron chi connectivity index (χ1n) is 8.96. The Kier molecular flexibility index (Phi) is 4.79. The van der Waals surface area contributed by atoms with E-state index in [0.717, 1.165) is 19.3 Å². The summed E-state index contributed by atoms with van der Waals surface area (Å²) in [6, 6.07) is 0.187. The SMILES string of the molecule is CC(C)(C)[C@H]1CCCC[C@H]1NC(=O)C1=CN2CCS(=O)(=O)N=C2C=C1. The topological polar surface area (TPSA) is 78.8 Å². The van der Waals surface area contributed by atoms with E-state index in [-0.39, 0.29) is 23.1 Å². The van der Waals surface area contributed by atoms with Crippen LogP contribution >= 0.6 is 0 Å². The van der Waals surface area contributed by atoms with Crippen molar-refractivity contribution in [2.45, 2.75) is 52.5 Å². The first kappa shape index (κ1) is 18.2. The Morgan fingerprint density at radius 3 is 2.68 bits per heavy atom. The second kappa shape index (κ2) is 6.59. The third-order valence-corrected chi connectivity index (χ3v) is 6.44. The van der Waals surface area contributed by atoms with Gasteiger partial charge in [0, 0.05) is 18.8 Å². The van der Waals surface area contributed by atoms with Crippen molar-refractivity contribution in [3.05, 3.63) is 23.9 Å². The van der Waals surface area contributed by atoms with E-state index in [0.29, 0.717) is 23.9 Å². The third-order valence-electron chi connectivity index (χ3n) is 5.28. The fourth-order valence-corrected chi connectivity index (χ4v) is 4.90. The molecule has 1 amide bonds. The minimum Gasteiger partial charge on any atom is -0.349 e. The fraction of sp³-hybridized carbons (Fsp3) is 0.667. The van der Waals surface area contributed by atoms with Crippen LogP contribution in [-0.4, -0.2) is 43.4 Å². The lowest BCUT2D eigenvalue weighted by atomic mass is 9.69. The van der Waals surface area contributed by atoms with Gasteiger partial charge in [-0.25, -0.2) is 8.42 Å². The smallest absolute Gasteiger partial charge is 0.256 e. The third kappa shape index (κ3) is 4.14. The molecule has 0 unspecified atom stereocenters. The first-order valence-corrected chi connectivity index (χ1v) is 10.6. The molecule has 0 aromatic heterocycles. The van der Waals surface area contributed by atoms with Gasteiger partial charge in [0.2, 0.25) is 0 Å². The van der Waals surface area contributed by atoms with Gasteiger partial charge in [-0.2, -0.15) is 0 Å². The summed E-state index contributed by atoms with van der Waals surface area (Å²) in [5.74, 6) is 0.735. The lowest BCUT2D eigenvalue weighted by Crippen LogP contribution is -2.47. The molecule has 138 valence electrons. The number of carbonyl (C=O) groups is 1. The molecule has 0 aromatic rings. The Hall–Kier alpha value is -1.63. The summed E-state index contributed by atoms with van der Waals surface area (Å²) < 4.78 is 26.9. The molecule has 1 N–H and O–H groups in total. The number of carbonyl (C=O) groups excluding carboxylic acids is 1. The predicted octanol–water partition coefficient (Wildman–Crippen LogP) is 2.21. The molecule has 7 heteroatoms. The van der Waals surface area contributed by atoms with E-state index >= 15 is 0 Å². The molecule has 0 aromatic carbocycles. The summed E-state index contributed by atoms with van der Waals surface area (Å²) >= 11 is 0. The average molecular weight is 365 g/mol. The molecule has 3 aliphatic rings. The van der Waals surface area contributed by atoms with Gasteiger partial charge in [-0.05, 0) is 36.3 Å². The summed E-state index contributed by atoms with van der Waals surface area (Å²) in [6.45, 7) is 7.03. The zero-order valence-electron chi connectivity index (χ0n) is 15.2. The Balaban J connectivity index is 1.72. The minimum atomic E-state index is -3.37. The monoisotopic (exact) mass is 365 g/mol. The van der Waals surface area contributed by atoms with Crippen molar-refractivity contribution in [2.75, 3.05) is 12.3 Å². The summed E-state index contributed by atoms with van der Waals surface area (Å²) in [6.07, 6.45) is 9.49. The fourth-order valence-electron chi connectivity index (χ4n) is 3.93. The molecule has 0 saturated heterocycles. The van der Waals surface area contributed by atoms with Crippen molar-refractivity contribution in [3.63, 3.8) is 0 Å². The van der Waals surface area contributed by atoms with Gasteiger partial charge in [-0.15, -0.1) is 4.40 Å². The first-order chi connectivity index (χ1) is 11.7. The van der Waals surface area contributed by atoms with Gasteiger partial charge in [-0.1, -0.05) is 33.6 Å². The highest BCUT2D eigenvalue weighted by Crippen LogP contribution is 2.38. The summed E-state index contributed by atoms with van der Waals surface area (Å²) in [7, 11) is -3.37. The molecule has 2 atom stereocenters. The van der Waals surface area contributed by atoms with Crippen molar-refractivity contribution >= 4 is 21.8 Å². The highest BCUT2D eigenvalue weighted by Gasteiger charge is 2.35. The van der Waals surface area contributed by atoms with Crippen molar-refractivity contribution in [2.24, 2.45) is 15.7 Å². The quantitative estimate of drug-likeness (QED) is 0.814. The summed E-state index contributed by atoms with van der Waals surface area (Å²) in [5.41, 5.74) is 0.715. The lowest BCUT2D eigenvalue weighted by molar-refractivity contribution is -0.118. The molecular weight excluding hydrogens is 338 g/mol. The number of nitrogens with one attached hydrogen (secondary N) is 1. The van der Waals surface area contributed by atoms with Gasteiger partial charge in [0.15, 0.2) is 0 Å². The van der Waals surface area contributed by atoms with Gasteiger partial charge in [-0.3, -0.25) is 4.79 Å². The maximum Gasteiger partial charge on any atom is 0.256 e. The van der Waals surface area contributed by atoms with Crippen molar-refractivity contribution < 1.29 is 13.2 Å². The normalized spacial score (nSPS) is 28.7. The molecule has 6 nitrogen and oxygen atoms in total. The van der Waals surface area contributed by atoms with Crippen LogP contribution in [0.4, 0.5) is 0 Å². The van der Waals surface area contributed by atoms with Crippen molar-refractivity contribution in [1.29, 1.82) is 0 Å². The van der Waals surface area contributed by atoms with E-state index in [4.69, 9.17) is 0 Å². The lowest BCUT2D eigenvalue weighted by Gasteiger charge is -2.41. The van der Waals surface area contributed by atoms with E-state index in [9.17, 15) is 13.2 Å². The van der Waals surface area contributed by atoms with E-state index in [2.05, 4.69) is 30.5 Å². The van der Waals surface area contributed by atoms with Gasteiger partial charge in [0.1, 0.15) is 5.84 Å². The van der Waals surface area contributed by atoms with Crippen molar-refractivity contribution in [3.8, 4) is 0 Å². The number of amides is 1. The maximum absolute atomic E-state index is 12.7. The Morgan fingerprint density at radius 2 is 1.96 bits per heavy atom. The van der Waals surface area contributed by atoms with Crippen LogP contribution in [0, 0.1) is 11.3 Å². The standard InChI is InChI=1S/C18H27N3O3S/c1-18(2,3)14-6-4-5-7-15(14)19-17(22)13-8-9-16-20-25(23,24)11-10-21(16)12-13/h8-9,12,14-15H,4-7,10-11H2,1-3H3,(H,19,22)/t14-,15+/m0/s1. The molecular formula is C18H27N3O3S. The molecule has 0 spiro atoms. The van der Waals surface area contributed by atoms with Crippen LogP contribution < -0.4 is 5.32 Å². The second-order valence-corrected chi connectivity index (χ2v) is 9.94. The molecule has 3 rings (SSSR count). The van der Waals surface area contributed by atoms with E-state index in [1.807, 2.05) is 0 Å². The summed E-state index contributed by atoms with van der Waals surface area (Å²) in [4.78, 5) is 14.5. The number of hydrogen-bond acceptors (Lipinski definition) is 4. The number of fused-ring (bicyclic) bond motifs is 1. The molecule has 2 aliphatic heterocycles. The molecule has 1 fully saturated rings. The van der Waals surface area contributed by atoms with Crippen LogP contribution in [0.1, 0.15) is 46.5 Å². The van der Waals surface area contributed by atoms with E-state index in [1.54, 1.807) is 23.3 Å². The van der Waals surface area contributed by atoms with Crippen molar-refractivity contribution in [1.82, 2.24) is 10.2 Å². The number of nitrogens with zero attached hydrogens (tertiary/aromatic N) is 2. The largest absolute Gasteiger partial charge is 0.349 e. The van der Waals surface area contributed by atoms with Crippen LogP contribution in [0.3, 0.4) is 0 Å². The number of sulfonamides is 1. The zero-order chi connectivity index (χ0) is 18.2. The Morgan fingerprint density at radius 1 is 1.24 bits per heavy atom. The number of hydrogen-bond donors (Lipinski definition) is 1. The second-order valence-electron chi connectivity index (χ2n) is 8.18. The van der Waals surface area contributed by atoms with Gasteiger partial charge < -0.3 is 10.2 Å². The average Bonchev–Trinajstić information content (AvgIpc) is 2.53. The Bertz CT molecular complexity index is 744. The van der Waals surface area contributed by atoms with Crippen LogP contribution in [0.2, 0.25) is 0 Å².